The highest BCUT2D eigenvalue weighted by atomic mass is 79.9. The first-order chi connectivity index (χ1) is 8.70. The summed E-state index contributed by atoms with van der Waals surface area (Å²) >= 11 is 3.52. The summed E-state index contributed by atoms with van der Waals surface area (Å²) in [6.07, 6.45) is 3.58. The van der Waals surface area contributed by atoms with Crippen LogP contribution in [0.15, 0.2) is 35.2 Å². The van der Waals surface area contributed by atoms with Crippen LogP contribution in [0.1, 0.15) is 11.3 Å². The van der Waals surface area contributed by atoms with Crippen LogP contribution in [0.5, 0.6) is 5.75 Å². The molecular formula is C13H16BrN3O. The van der Waals surface area contributed by atoms with Crippen molar-refractivity contribution in [1.82, 2.24) is 14.9 Å². The lowest BCUT2D eigenvalue weighted by molar-refractivity contribution is 0.296. The molecule has 18 heavy (non-hydrogen) atoms. The first kappa shape index (κ1) is 13.1. The van der Waals surface area contributed by atoms with E-state index in [0.717, 1.165) is 22.5 Å². The van der Waals surface area contributed by atoms with Crippen LogP contribution in [0, 0.1) is 0 Å². The minimum atomic E-state index is 0.525. The lowest BCUT2D eigenvalue weighted by Gasteiger charge is -2.09. The highest BCUT2D eigenvalue weighted by Gasteiger charge is 2.03. The first-order valence-corrected chi connectivity index (χ1v) is 6.51. The van der Waals surface area contributed by atoms with Gasteiger partial charge in [0.1, 0.15) is 12.4 Å². The molecule has 0 atom stereocenters. The van der Waals surface area contributed by atoms with E-state index >= 15 is 0 Å². The molecule has 0 aliphatic rings. The summed E-state index contributed by atoms with van der Waals surface area (Å²) in [6, 6.07) is 6.00. The molecule has 0 spiro atoms. The van der Waals surface area contributed by atoms with Crippen molar-refractivity contribution < 1.29 is 4.74 Å². The van der Waals surface area contributed by atoms with Crippen molar-refractivity contribution in [3.8, 4) is 5.75 Å². The number of benzene rings is 1. The summed E-state index contributed by atoms with van der Waals surface area (Å²) in [7, 11) is 3.88. The van der Waals surface area contributed by atoms with E-state index < -0.39 is 0 Å². The quantitative estimate of drug-likeness (QED) is 0.922. The normalized spacial score (nSPS) is 10.6. The molecule has 0 aliphatic heterocycles. The fourth-order valence-electron chi connectivity index (χ4n) is 1.65. The minimum Gasteiger partial charge on any atom is -0.487 e. The van der Waals surface area contributed by atoms with Crippen LogP contribution in [0.2, 0.25) is 0 Å². The van der Waals surface area contributed by atoms with Crippen LogP contribution in [0.4, 0.5) is 0 Å². The number of hydrogen-bond acceptors (Lipinski definition) is 3. The Hall–Kier alpha value is -1.33. The number of rotatable bonds is 5. The van der Waals surface area contributed by atoms with E-state index in [4.69, 9.17) is 4.74 Å². The van der Waals surface area contributed by atoms with Gasteiger partial charge in [-0.15, -0.1) is 0 Å². The van der Waals surface area contributed by atoms with Crippen LogP contribution >= 0.6 is 15.9 Å². The Morgan fingerprint density at radius 2 is 2.28 bits per heavy atom. The lowest BCUT2D eigenvalue weighted by atomic mass is 10.2. The number of imidazole rings is 1. The van der Waals surface area contributed by atoms with E-state index in [1.54, 1.807) is 6.33 Å². The van der Waals surface area contributed by atoms with Crippen molar-refractivity contribution in [3.05, 3.63) is 46.5 Å². The molecule has 0 aliphatic carbocycles. The zero-order valence-corrected chi connectivity index (χ0v) is 12.1. The van der Waals surface area contributed by atoms with Gasteiger partial charge < -0.3 is 14.6 Å². The number of halogens is 1. The SMILES string of the molecule is CNCc1cc(OCc2cncn2C)ccc1Br. The van der Waals surface area contributed by atoms with Crippen LogP contribution in [0.25, 0.3) is 0 Å². The third kappa shape index (κ3) is 3.11. The molecule has 1 aromatic carbocycles. The van der Waals surface area contributed by atoms with Gasteiger partial charge in [0.15, 0.2) is 0 Å². The van der Waals surface area contributed by atoms with Gasteiger partial charge in [-0.1, -0.05) is 15.9 Å². The van der Waals surface area contributed by atoms with E-state index in [2.05, 4.69) is 26.2 Å². The molecule has 0 bridgehead atoms. The molecule has 4 nitrogen and oxygen atoms in total. The fraction of sp³-hybridized carbons (Fsp3) is 0.308. The Labute approximate surface area is 115 Å². The van der Waals surface area contributed by atoms with E-state index in [9.17, 15) is 0 Å². The van der Waals surface area contributed by atoms with Gasteiger partial charge in [-0.25, -0.2) is 4.98 Å². The first-order valence-electron chi connectivity index (χ1n) is 5.71. The number of nitrogens with one attached hydrogen (secondary N) is 1. The molecule has 0 fully saturated rings. The summed E-state index contributed by atoms with van der Waals surface area (Å²) in [6.45, 7) is 1.33. The molecule has 0 saturated carbocycles. The number of hydrogen-bond donors (Lipinski definition) is 1. The largest absolute Gasteiger partial charge is 0.487 e. The van der Waals surface area contributed by atoms with Gasteiger partial charge in [-0.05, 0) is 30.8 Å². The van der Waals surface area contributed by atoms with Crippen molar-refractivity contribution in [2.45, 2.75) is 13.2 Å². The maximum atomic E-state index is 5.76. The predicted molar refractivity (Wildman–Crippen MR) is 74.4 cm³/mol. The van der Waals surface area contributed by atoms with Gasteiger partial charge in [-0.2, -0.15) is 0 Å². The average molecular weight is 310 g/mol. The van der Waals surface area contributed by atoms with Gasteiger partial charge in [0.05, 0.1) is 18.2 Å². The highest BCUT2D eigenvalue weighted by Crippen LogP contribution is 2.23. The molecule has 0 radical (unpaired) electrons. The molecule has 0 saturated heterocycles. The lowest BCUT2D eigenvalue weighted by Crippen LogP contribution is -2.06. The Morgan fingerprint density at radius 3 is 2.94 bits per heavy atom. The topological polar surface area (TPSA) is 39.1 Å². The second-order valence-corrected chi connectivity index (χ2v) is 4.92. The standard InChI is InChI=1S/C13H16BrN3O/c1-15-6-10-5-12(3-4-13(10)14)18-8-11-7-16-9-17(11)2/h3-5,7,9,15H,6,8H2,1-2H3. The molecule has 0 amide bonds. The predicted octanol–water partition coefficient (Wildman–Crippen LogP) is 2.48. The summed E-state index contributed by atoms with van der Waals surface area (Å²) in [5, 5.41) is 3.13. The summed E-state index contributed by atoms with van der Waals surface area (Å²) < 4.78 is 8.80. The number of nitrogens with zero attached hydrogens (tertiary/aromatic N) is 2. The maximum Gasteiger partial charge on any atom is 0.130 e. The van der Waals surface area contributed by atoms with Crippen molar-refractivity contribution in [3.63, 3.8) is 0 Å². The van der Waals surface area contributed by atoms with Crippen molar-refractivity contribution in [1.29, 1.82) is 0 Å². The Bertz CT molecular complexity index is 525. The summed E-state index contributed by atoms with van der Waals surface area (Å²) in [4.78, 5) is 4.06. The van der Waals surface area contributed by atoms with E-state index in [1.165, 1.54) is 5.56 Å². The van der Waals surface area contributed by atoms with Gasteiger partial charge in [0.2, 0.25) is 0 Å². The molecule has 1 N–H and O–H groups in total. The molecule has 2 aromatic rings. The van der Waals surface area contributed by atoms with Crippen molar-refractivity contribution in [2.75, 3.05) is 7.05 Å². The van der Waals surface area contributed by atoms with Gasteiger partial charge in [0, 0.05) is 18.1 Å². The highest BCUT2D eigenvalue weighted by molar-refractivity contribution is 9.10. The molecule has 2 rings (SSSR count). The van der Waals surface area contributed by atoms with Gasteiger partial charge >= 0.3 is 0 Å². The molecule has 1 heterocycles. The smallest absolute Gasteiger partial charge is 0.130 e. The van der Waals surface area contributed by atoms with Gasteiger partial charge in [0.25, 0.3) is 0 Å². The molecule has 96 valence electrons. The Kier molecular flexibility index (Phi) is 4.38. The Balaban J connectivity index is 2.05. The third-order valence-electron chi connectivity index (χ3n) is 2.69. The third-order valence-corrected chi connectivity index (χ3v) is 3.46. The minimum absolute atomic E-state index is 0.525. The van der Waals surface area contributed by atoms with Crippen LogP contribution in [-0.4, -0.2) is 16.6 Å². The number of ether oxygens (including phenoxy) is 1. The summed E-state index contributed by atoms with van der Waals surface area (Å²) in [5.74, 6) is 0.865. The van der Waals surface area contributed by atoms with Crippen LogP contribution in [-0.2, 0) is 20.2 Å². The number of aryl methyl sites for hydroxylation is 1. The molecular weight excluding hydrogens is 294 g/mol. The average Bonchev–Trinajstić information content (AvgIpc) is 2.76. The zero-order valence-electron chi connectivity index (χ0n) is 10.5. The second-order valence-electron chi connectivity index (χ2n) is 4.07. The van der Waals surface area contributed by atoms with E-state index in [-0.39, 0.29) is 0 Å². The molecule has 0 unspecified atom stereocenters. The van der Waals surface area contributed by atoms with Crippen LogP contribution < -0.4 is 10.1 Å². The Morgan fingerprint density at radius 1 is 1.44 bits per heavy atom. The maximum absolute atomic E-state index is 5.76. The monoisotopic (exact) mass is 309 g/mol. The number of aromatic nitrogens is 2. The fourth-order valence-corrected chi connectivity index (χ4v) is 2.03. The van der Waals surface area contributed by atoms with Crippen LogP contribution in [0.3, 0.4) is 0 Å². The second kappa shape index (κ2) is 6.02. The van der Waals surface area contributed by atoms with Gasteiger partial charge in [-0.3, -0.25) is 0 Å². The molecule has 1 aromatic heterocycles. The van der Waals surface area contributed by atoms with Crippen molar-refractivity contribution >= 4 is 15.9 Å². The van der Waals surface area contributed by atoms with Crippen molar-refractivity contribution in [2.24, 2.45) is 7.05 Å². The van der Waals surface area contributed by atoms with E-state index in [0.29, 0.717) is 6.61 Å². The zero-order chi connectivity index (χ0) is 13.0. The van der Waals surface area contributed by atoms with E-state index in [1.807, 2.05) is 43.1 Å². The molecule has 5 heteroatoms. The summed E-state index contributed by atoms with van der Waals surface area (Å²) in [5.41, 5.74) is 2.23.